The Hall–Kier alpha value is -3.65. The number of likely N-dealkylation sites (N-methyl/N-ethyl adjacent to an activating group) is 1. The fourth-order valence-corrected chi connectivity index (χ4v) is 5.99. The van der Waals surface area contributed by atoms with Crippen molar-refractivity contribution in [2.24, 2.45) is 0 Å². The first kappa shape index (κ1) is 25.6. The molecule has 204 valence electrons. The molecule has 1 aromatic heterocycles. The highest BCUT2D eigenvalue weighted by molar-refractivity contribution is 6.06. The van der Waals surface area contributed by atoms with E-state index in [2.05, 4.69) is 61.0 Å². The first-order valence-electron chi connectivity index (χ1n) is 14.0. The van der Waals surface area contributed by atoms with Gasteiger partial charge in [0.1, 0.15) is 17.4 Å². The van der Waals surface area contributed by atoms with Gasteiger partial charge in [-0.25, -0.2) is 14.8 Å². The molecule has 2 fully saturated rings. The molecular formula is C31H38N6O2. The van der Waals surface area contributed by atoms with Gasteiger partial charge in [-0.05, 0) is 57.4 Å². The highest BCUT2D eigenvalue weighted by Gasteiger charge is 2.40. The maximum absolute atomic E-state index is 14.0. The second-order valence-corrected chi connectivity index (χ2v) is 11.2. The standard InChI is InChI=1S/C31H38N6O2/c1-21-7-5-8-22(2)29(21)36-20-24-19-32-28(33-30(24)37(31(36)38)25-9-6-10-25)17-23-11-12-26(18-27(23)39-4)35-15-13-34(3)14-16-35/h5,7-8,11-12,18-19,25H,6,9-10,13-17,20H2,1-4H3. The van der Waals surface area contributed by atoms with Crippen molar-refractivity contribution in [1.82, 2.24) is 14.9 Å². The number of carbonyl (C=O) groups excluding carboxylic acids is 1. The van der Waals surface area contributed by atoms with Crippen molar-refractivity contribution < 1.29 is 9.53 Å². The van der Waals surface area contributed by atoms with Crippen molar-refractivity contribution in [2.45, 2.75) is 52.1 Å². The molecule has 39 heavy (non-hydrogen) atoms. The Kier molecular flexibility index (Phi) is 6.89. The predicted molar refractivity (Wildman–Crippen MR) is 155 cm³/mol. The summed E-state index contributed by atoms with van der Waals surface area (Å²) in [6.45, 7) is 8.76. The summed E-state index contributed by atoms with van der Waals surface area (Å²) in [5.41, 5.74) is 6.42. The molecule has 0 spiro atoms. The number of fused-ring (bicyclic) bond motifs is 1. The molecule has 2 aromatic carbocycles. The lowest BCUT2D eigenvalue weighted by molar-refractivity contribution is 0.242. The highest BCUT2D eigenvalue weighted by Crippen LogP contribution is 2.39. The Bertz CT molecular complexity index is 1360. The van der Waals surface area contributed by atoms with E-state index in [0.717, 1.165) is 85.0 Å². The molecule has 1 aliphatic carbocycles. The molecule has 1 saturated heterocycles. The third-order valence-electron chi connectivity index (χ3n) is 8.52. The number of piperazine rings is 1. The molecule has 1 saturated carbocycles. The quantitative estimate of drug-likeness (QED) is 0.453. The number of nitrogens with zero attached hydrogens (tertiary/aromatic N) is 6. The number of amides is 2. The Morgan fingerprint density at radius 2 is 1.77 bits per heavy atom. The summed E-state index contributed by atoms with van der Waals surface area (Å²) in [6.07, 6.45) is 5.62. The van der Waals surface area contributed by atoms with Gasteiger partial charge in [0.2, 0.25) is 0 Å². The van der Waals surface area contributed by atoms with Crippen molar-refractivity contribution in [2.75, 3.05) is 55.0 Å². The van der Waals surface area contributed by atoms with Gasteiger partial charge in [0, 0.05) is 67.7 Å². The van der Waals surface area contributed by atoms with E-state index in [4.69, 9.17) is 14.7 Å². The van der Waals surface area contributed by atoms with Gasteiger partial charge in [-0.15, -0.1) is 0 Å². The van der Waals surface area contributed by atoms with E-state index in [1.165, 1.54) is 5.69 Å². The summed E-state index contributed by atoms with van der Waals surface area (Å²) in [4.78, 5) is 32.4. The molecule has 2 aliphatic heterocycles. The molecule has 8 heteroatoms. The van der Waals surface area contributed by atoms with Gasteiger partial charge in [0.05, 0.1) is 19.3 Å². The fraction of sp³-hybridized carbons (Fsp3) is 0.452. The van der Waals surface area contributed by atoms with Crippen LogP contribution >= 0.6 is 0 Å². The van der Waals surface area contributed by atoms with Crippen LogP contribution in [-0.4, -0.2) is 67.3 Å². The maximum Gasteiger partial charge on any atom is 0.330 e. The van der Waals surface area contributed by atoms with Crippen LogP contribution in [0.2, 0.25) is 0 Å². The van der Waals surface area contributed by atoms with Crippen LogP contribution in [0.25, 0.3) is 0 Å². The average molecular weight is 527 g/mol. The van der Waals surface area contributed by atoms with Crippen LogP contribution in [0, 0.1) is 13.8 Å². The SMILES string of the molecule is COc1cc(N2CCN(C)CC2)ccc1Cc1ncc2c(n1)N(C1CCC1)C(=O)N(c1c(C)cccc1C)C2. The number of hydrogen-bond donors (Lipinski definition) is 0. The maximum atomic E-state index is 14.0. The number of carbonyl (C=O) groups is 1. The normalized spacial score (nSPS) is 18.3. The smallest absolute Gasteiger partial charge is 0.330 e. The van der Waals surface area contributed by atoms with Crippen LogP contribution in [-0.2, 0) is 13.0 Å². The molecule has 0 N–H and O–H groups in total. The Morgan fingerprint density at radius 1 is 1.03 bits per heavy atom. The first-order chi connectivity index (χ1) is 18.9. The van der Waals surface area contributed by atoms with Gasteiger partial charge >= 0.3 is 6.03 Å². The number of rotatable bonds is 6. The van der Waals surface area contributed by atoms with Crippen LogP contribution in [0.5, 0.6) is 5.75 Å². The van der Waals surface area contributed by atoms with E-state index in [1.54, 1.807) is 7.11 Å². The van der Waals surface area contributed by atoms with E-state index in [1.807, 2.05) is 22.1 Å². The summed E-state index contributed by atoms with van der Waals surface area (Å²) in [5.74, 6) is 2.32. The van der Waals surface area contributed by atoms with E-state index in [0.29, 0.717) is 18.8 Å². The Labute approximate surface area is 231 Å². The second-order valence-electron chi connectivity index (χ2n) is 11.2. The van der Waals surface area contributed by atoms with Crippen molar-refractivity contribution >= 4 is 23.2 Å². The van der Waals surface area contributed by atoms with E-state index in [9.17, 15) is 4.79 Å². The highest BCUT2D eigenvalue weighted by atomic mass is 16.5. The molecule has 3 aliphatic rings. The molecule has 0 bridgehead atoms. The number of hydrogen-bond acceptors (Lipinski definition) is 6. The zero-order chi connectivity index (χ0) is 27.1. The number of methoxy groups -OCH3 is 1. The lowest BCUT2D eigenvalue weighted by Gasteiger charge is -2.44. The van der Waals surface area contributed by atoms with Crippen molar-refractivity contribution in [1.29, 1.82) is 0 Å². The molecule has 0 atom stereocenters. The third kappa shape index (κ3) is 4.82. The van der Waals surface area contributed by atoms with Gasteiger partial charge in [0.15, 0.2) is 0 Å². The van der Waals surface area contributed by atoms with Crippen LogP contribution < -0.4 is 19.4 Å². The minimum Gasteiger partial charge on any atom is -0.496 e. The summed E-state index contributed by atoms with van der Waals surface area (Å²) >= 11 is 0. The Morgan fingerprint density at radius 3 is 2.44 bits per heavy atom. The average Bonchev–Trinajstić information content (AvgIpc) is 2.90. The van der Waals surface area contributed by atoms with Crippen LogP contribution in [0.1, 0.15) is 47.3 Å². The molecule has 0 unspecified atom stereocenters. The lowest BCUT2D eigenvalue weighted by Crippen LogP contribution is -2.54. The first-order valence-corrected chi connectivity index (χ1v) is 14.0. The zero-order valence-corrected chi connectivity index (χ0v) is 23.5. The third-order valence-corrected chi connectivity index (χ3v) is 8.52. The van der Waals surface area contributed by atoms with Gasteiger partial charge < -0.3 is 14.5 Å². The van der Waals surface area contributed by atoms with Gasteiger partial charge in [-0.2, -0.15) is 0 Å². The van der Waals surface area contributed by atoms with Gasteiger partial charge in [-0.3, -0.25) is 9.80 Å². The fourth-order valence-electron chi connectivity index (χ4n) is 5.99. The number of benzene rings is 2. The van der Waals surface area contributed by atoms with E-state index >= 15 is 0 Å². The van der Waals surface area contributed by atoms with Crippen molar-refractivity contribution in [3.8, 4) is 5.75 Å². The minimum absolute atomic E-state index is 0.0170. The summed E-state index contributed by atoms with van der Waals surface area (Å²) in [6, 6.07) is 12.8. The monoisotopic (exact) mass is 526 g/mol. The lowest BCUT2D eigenvalue weighted by atomic mass is 9.90. The molecule has 2 amide bonds. The predicted octanol–water partition coefficient (Wildman–Crippen LogP) is 4.94. The molecule has 3 aromatic rings. The zero-order valence-electron chi connectivity index (χ0n) is 23.5. The number of anilines is 3. The van der Waals surface area contributed by atoms with Crippen LogP contribution in [0.3, 0.4) is 0 Å². The summed E-state index contributed by atoms with van der Waals surface area (Å²) in [7, 11) is 3.89. The van der Waals surface area contributed by atoms with Crippen LogP contribution in [0.15, 0.2) is 42.6 Å². The number of aryl methyl sites for hydroxylation is 2. The number of ether oxygens (including phenoxy) is 1. The molecule has 8 nitrogen and oxygen atoms in total. The molecule has 6 rings (SSSR count). The van der Waals surface area contributed by atoms with Crippen LogP contribution in [0.4, 0.5) is 22.0 Å². The van der Waals surface area contributed by atoms with E-state index < -0.39 is 0 Å². The summed E-state index contributed by atoms with van der Waals surface area (Å²) in [5, 5.41) is 0. The topological polar surface area (TPSA) is 65.0 Å². The largest absolute Gasteiger partial charge is 0.496 e. The second kappa shape index (κ2) is 10.5. The van der Waals surface area contributed by atoms with Gasteiger partial charge in [0.25, 0.3) is 0 Å². The molecular weight excluding hydrogens is 488 g/mol. The number of urea groups is 1. The molecule has 0 radical (unpaired) electrons. The number of aromatic nitrogens is 2. The van der Waals surface area contributed by atoms with Gasteiger partial charge in [-0.1, -0.05) is 24.3 Å². The Balaban J connectivity index is 1.30. The summed E-state index contributed by atoms with van der Waals surface area (Å²) < 4.78 is 5.81. The van der Waals surface area contributed by atoms with Crippen molar-refractivity contribution in [3.05, 3.63) is 70.7 Å². The van der Waals surface area contributed by atoms with E-state index in [-0.39, 0.29) is 12.1 Å². The number of para-hydroxylation sites is 1. The van der Waals surface area contributed by atoms with Crippen molar-refractivity contribution in [3.63, 3.8) is 0 Å². The molecule has 3 heterocycles. The minimum atomic E-state index is 0.0170.